The Hall–Kier alpha value is -0.100. The van der Waals surface area contributed by atoms with E-state index in [0.717, 1.165) is 12.8 Å². The van der Waals surface area contributed by atoms with Gasteiger partial charge in [-0.2, -0.15) is 0 Å². The van der Waals surface area contributed by atoms with E-state index in [9.17, 15) is 4.79 Å². The molecule has 0 aromatic rings. The molecule has 0 atom stereocenters. The van der Waals surface area contributed by atoms with Gasteiger partial charge in [0, 0.05) is 6.42 Å². The first-order valence-corrected chi connectivity index (χ1v) is 18.0. The van der Waals surface area contributed by atoms with E-state index in [-0.39, 0.29) is 0 Å². The zero-order valence-corrected chi connectivity index (χ0v) is 25.8. The van der Waals surface area contributed by atoms with Gasteiger partial charge in [0.2, 0.25) is 0 Å². The summed E-state index contributed by atoms with van der Waals surface area (Å²) in [5, 5.41) is 8.27. The highest BCUT2D eigenvalue weighted by Crippen LogP contribution is 2.39. The largest absolute Gasteiger partial charge is 0.481 e. The zero-order chi connectivity index (χ0) is 26.2. The number of hydrogen-bond donors (Lipinski definition) is 1. The fourth-order valence-corrected chi connectivity index (χ4v) is 7.25. The molecule has 0 aromatic carbocycles. The summed E-state index contributed by atoms with van der Waals surface area (Å²) in [4.78, 5) is 10.0. The SMILES string of the molecule is CCCCCCCC(=O)O.CCCCCCCCP(CCCCCCCC)CCCCCCCC. The molecule has 212 valence electrons. The van der Waals surface area contributed by atoms with Gasteiger partial charge in [-0.25, -0.2) is 0 Å². The Morgan fingerprint density at radius 1 is 0.429 bits per heavy atom. The Bertz CT molecular complexity index is 348. The normalized spacial score (nSPS) is 11.0. The van der Waals surface area contributed by atoms with Gasteiger partial charge in [0.25, 0.3) is 0 Å². The number of aliphatic carboxylic acids is 1. The lowest BCUT2D eigenvalue weighted by molar-refractivity contribution is -0.137. The maximum atomic E-state index is 10.0. The molecule has 0 aromatic heterocycles. The first kappa shape index (κ1) is 37.1. The van der Waals surface area contributed by atoms with Crippen LogP contribution in [0.15, 0.2) is 0 Å². The molecule has 0 spiro atoms. The monoisotopic (exact) mass is 514 g/mol. The second-order valence-corrected chi connectivity index (χ2v) is 13.4. The molecule has 0 aliphatic heterocycles. The molecule has 0 unspecified atom stereocenters. The molecule has 0 heterocycles. The second kappa shape index (κ2) is 33.9. The van der Waals surface area contributed by atoms with Crippen LogP contribution in [0.3, 0.4) is 0 Å². The second-order valence-electron chi connectivity index (χ2n) is 10.7. The molecule has 0 aliphatic carbocycles. The summed E-state index contributed by atoms with van der Waals surface area (Å²) < 4.78 is 0. The number of unbranched alkanes of at least 4 members (excludes halogenated alkanes) is 19. The quantitative estimate of drug-likeness (QED) is 0.0874. The minimum absolute atomic E-state index is 0.337. The van der Waals surface area contributed by atoms with Gasteiger partial charge in [0.15, 0.2) is 0 Å². The van der Waals surface area contributed by atoms with Crippen molar-refractivity contribution in [2.24, 2.45) is 0 Å². The maximum Gasteiger partial charge on any atom is 0.303 e. The first-order valence-electron chi connectivity index (χ1n) is 16.1. The van der Waals surface area contributed by atoms with Crippen LogP contribution in [-0.4, -0.2) is 29.6 Å². The summed E-state index contributed by atoms with van der Waals surface area (Å²) in [5.74, 6) is -0.670. The number of rotatable bonds is 27. The summed E-state index contributed by atoms with van der Waals surface area (Å²) in [6, 6.07) is 0. The van der Waals surface area contributed by atoms with Crippen molar-refractivity contribution in [1.29, 1.82) is 0 Å². The molecule has 2 nitrogen and oxygen atoms in total. The van der Waals surface area contributed by atoms with Crippen LogP contribution in [0.5, 0.6) is 0 Å². The average Bonchev–Trinajstić information content (AvgIpc) is 2.85. The van der Waals surface area contributed by atoms with Crippen molar-refractivity contribution in [2.75, 3.05) is 18.5 Å². The van der Waals surface area contributed by atoms with Crippen molar-refractivity contribution >= 4 is 13.9 Å². The highest BCUT2D eigenvalue weighted by atomic mass is 31.1. The lowest BCUT2D eigenvalue weighted by atomic mass is 10.1. The Labute approximate surface area is 224 Å². The Morgan fingerprint density at radius 3 is 0.971 bits per heavy atom. The fourth-order valence-electron chi connectivity index (χ4n) is 4.56. The van der Waals surface area contributed by atoms with E-state index in [2.05, 4.69) is 27.7 Å². The molecule has 3 heteroatoms. The van der Waals surface area contributed by atoms with Gasteiger partial charge >= 0.3 is 5.97 Å². The predicted molar refractivity (Wildman–Crippen MR) is 163 cm³/mol. The first-order chi connectivity index (χ1) is 17.1. The molecule has 0 radical (unpaired) electrons. The van der Waals surface area contributed by atoms with Gasteiger partial charge in [-0.1, -0.05) is 150 Å². The fraction of sp³-hybridized carbons (Fsp3) is 0.969. The van der Waals surface area contributed by atoms with Crippen LogP contribution in [0.1, 0.15) is 182 Å². The van der Waals surface area contributed by atoms with Crippen LogP contribution < -0.4 is 0 Å². The molecular weight excluding hydrogens is 447 g/mol. The topological polar surface area (TPSA) is 37.3 Å². The van der Waals surface area contributed by atoms with E-state index in [1.807, 2.05) is 0 Å². The molecule has 0 aliphatic rings. The lowest BCUT2D eigenvalue weighted by Gasteiger charge is -2.18. The van der Waals surface area contributed by atoms with Gasteiger partial charge in [-0.15, -0.1) is 7.92 Å². The van der Waals surface area contributed by atoms with Crippen LogP contribution in [0.2, 0.25) is 0 Å². The van der Waals surface area contributed by atoms with Gasteiger partial charge < -0.3 is 5.11 Å². The lowest BCUT2D eigenvalue weighted by Crippen LogP contribution is -1.97. The number of carboxylic acid groups (broad SMARTS) is 1. The van der Waals surface area contributed by atoms with Crippen LogP contribution >= 0.6 is 7.92 Å². The van der Waals surface area contributed by atoms with Crippen molar-refractivity contribution in [3.05, 3.63) is 0 Å². The standard InChI is InChI=1S/C24H51P.C8H16O2/c1-4-7-10-13-16-19-22-25(23-20-17-14-11-8-5-2)24-21-18-15-12-9-6-3;1-2-3-4-5-6-7-8(9)10/h4-24H2,1-3H3;2-7H2,1H3,(H,9,10). The number of carboxylic acids is 1. The summed E-state index contributed by atoms with van der Waals surface area (Å²) in [6.07, 6.45) is 37.1. The molecular formula is C32H67O2P. The van der Waals surface area contributed by atoms with Crippen molar-refractivity contribution < 1.29 is 9.90 Å². The summed E-state index contributed by atoms with van der Waals surface area (Å²) in [6.45, 7) is 9.11. The highest BCUT2D eigenvalue weighted by molar-refractivity contribution is 7.57. The van der Waals surface area contributed by atoms with Crippen LogP contribution in [0.25, 0.3) is 0 Å². The van der Waals surface area contributed by atoms with E-state index in [1.165, 1.54) is 135 Å². The van der Waals surface area contributed by atoms with Crippen molar-refractivity contribution in [3.8, 4) is 0 Å². The molecule has 0 saturated heterocycles. The molecule has 35 heavy (non-hydrogen) atoms. The summed E-state index contributed by atoms with van der Waals surface area (Å²) in [5.41, 5.74) is 0. The Kier molecular flexibility index (Phi) is 35.9. The van der Waals surface area contributed by atoms with Gasteiger partial charge in [-0.3, -0.25) is 4.79 Å². The van der Waals surface area contributed by atoms with E-state index in [4.69, 9.17) is 5.11 Å². The van der Waals surface area contributed by atoms with Gasteiger partial charge in [-0.05, 0) is 44.2 Å². The van der Waals surface area contributed by atoms with Crippen LogP contribution in [0.4, 0.5) is 0 Å². The van der Waals surface area contributed by atoms with Crippen molar-refractivity contribution in [1.82, 2.24) is 0 Å². The molecule has 0 fully saturated rings. The molecule has 0 amide bonds. The van der Waals surface area contributed by atoms with E-state index in [0.29, 0.717) is 14.3 Å². The smallest absolute Gasteiger partial charge is 0.303 e. The Balaban J connectivity index is 0. The van der Waals surface area contributed by atoms with Gasteiger partial charge in [0.05, 0.1) is 0 Å². The van der Waals surface area contributed by atoms with Gasteiger partial charge in [0.1, 0.15) is 0 Å². The third-order valence-electron chi connectivity index (χ3n) is 6.98. The molecule has 0 rings (SSSR count). The third-order valence-corrected chi connectivity index (χ3v) is 9.82. The number of hydrogen-bond acceptors (Lipinski definition) is 1. The number of carbonyl (C=O) groups is 1. The minimum Gasteiger partial charge on any atom is -0.481 e. The van der Waals surface area contributed by atoms with E-state index >= 15 is 0 Å². The average molecular weight is 515 g/mol. The summed E-state index contributed by atoms with van der Waals surface area (Å²) in [7, 11) is 0.366. The minimum atomic E-state index is -0.670. The predicted octanol–water partition coefficient (Wildman–Crippen LogP) is 12.0. The van der Waals surface area contributed by atoms with Crippen molar-refractivity contribution in [3.63, 3.8) is 0 Å². The highest BCUT2D eigenvalue weighted by Gasteiger charge is 2.08. The molecule has 1 N–H and O–H groups in total. The van der Waals surface area contributed by atoms with Crippen LogP contribution in [0, 0.1) is 0 Å². The van der Waals surface area contributed by atoms with E-state index in [1.54, 1.807) is 18.5 Å². The zero-order valence-electron chi connectivity index (χ0n) is 24.9. The van der Waals surface area contributed by atoms with Crippen LogP contribution in [-0.2, 0) is 4.79 Å². The maximum absolute atomic E-state index is 10.0. The van der Waals surface area contributed by atoms with E-state index < -0.39 is 5.97 Å². The third kappa shape index (κ3) is 36.1. The summed E-state index contributed by atoms with van der Waals surface area (Å²) >= 11 is 0. The molecule has 0 bridgehead atoms. The van der Waals surface area contributed by atoms with Crippen molar-refractivity contribution in [2.45, 2.75) is 182 Å². The molecule has 0 saturated carbocycles. The Morgan fingerprint density at radius 2 is 0.686 bits per heavy atom.